The minimum atomic E-state index is -3.97. The van der Waals surface area contributed by atoms with Crippen molar-refractivity contribution in [3.05, 3.63) is 36.4 Å². The summed E-state index contributed by atoms with van der Waals surface area (Å²) in [5.74, 6) is 0.220. The van der Waals surface area contributed by atoms with E-state index in [4.69, 9.17) is 18.9 Å². The molecule has 0 atom stereocenters. The van der Waals surface area contributed by atoms with Crippen LogP contribution in [-0.2, 0) is 14.8 Å². The van der Waals surface area contributed by atoms with E-state index in [1.54, 1.807) is 24.3 Å². The third kappa shape index (κ3) is 5.95. The van der Waals surface area contributed by atoms with Gasteiger partial charge in [-0.15, -0.1) is 0 Å². The third-order valence-corrected chi connectivity index (χ3v) is 4.77. The van der Waals surface area contributed by atoms with Gasteiger partial charge in [0, 0.05) is 42.1 Å². The van der Waals surface area contributed by atoms with Gasteiger partial charge >= 0.3 is 0 Å². The Morgan fingerprint density at radius 1 is 0.750 bits per heavy atom. The van der Waals surface area contributed by atoms with E-state index in [1.165, 1.54) is 40.6 Å². The molecular weight excluding hydrogens is 388 g/mol. The topological polar surface area (TPSA) is 112 Å². The predicted octanol–water partition coefficient (Wildman–Crippen LogP) is 2.10. The molecule has 2 N–H and O–H groups in total. The van der Waals surface area contributed by atoms with Crippen molar-refractivity contribution in [1.29, 1.82) is 0 Å². The lowest BCUT2D eigenvalue weighted by molar-refractivity contribution is -0.113. The van der Waals surface area contributed by atoms with Crippen molar-refractivity contribution >= 4 is 27.3 Å². The summed E-state index contributed by atoms with van der Waals surface area (Å²) in [5.41, 5.74) is 0.562. The van der Waals surface area contributed by atoms with Crippen LogP contribution in [0, 0.1) is 0 Å². The smallest absolute Gasteiger partial charge is 0.241 e. The molecule has 1 amide bonds. The molecule has 0 saturated heterocycles. The van der Waals surface area contributed by atoms with Gasteiger partial charge in [0.1, 0.15) is 28.8 Å². The number of rotatable bonds is 9. The van der Waals surface area contributed by atoms with Crippen molar-refractivity contribution in [2.24, 2.45) is 0 Å². The van der Waals surface area contributed by atoms with Crippen LogP contribution in [0.5, 0.6) is 23.0 Å². The van der Waals surface area contributed by atoms with Gasteiger partial charge in [-0.3, -0.25) is 9.52 Å². The molecule has 0 aliphatic heterocycles. The Kier molecular flexibility index (Phi) is 6.94. The predicted molar refractivity (Wildman–Crippen MR) is 105 cm³/mol. The summed E-state index contributed by atoms with van der Waals surface area (Å²) in [7, 11) is 1.86. The number of methoxy groups -OCH3 is 4. The lowest BCUT2D eigenvalue weighted by atomic mass is 10.2. The molecule has 0 aliphatic rings. The number of hydrogen-bond acceptors (Lipinski definition) is 7. The summed E-state index contributed by atoms with van der Waals surface area (Å²) in [5, 5.41) is 2.51. The van der Waals surface area contributed by atoms with E-state index in [-0.39, 0.29) is 5.69 Å². The Morgan fingerprint density at radius 2 is 1.14 bits per heavy atom. The summed E-state index contributed by atoms with van der Waals surface area (Å²) >= 11 is 0. The van der Waals surface area contributed by atoms with E-state index in [9.17, 15) is 13.2 Å². The number of ether oxygens (including phenoxy) is 4. The molecule has 9 nitrogen and oxygen atoms in total. The Labute approximate surface area is 163 Å². The molecule has 10 heteroatoms. The molecule has 0 heterocycles. The molecule has 2 aromatic carbocycles. The summed E-state index contributed by atoms with van der Waals surface area (Å²) in [6, 6.07) is 9.28. The van der Waals surface area contributed by atoms with Crippen LogP contribution in [0.3, 0.4) is 0 Å². The normalized spacial score (nSPS) is 10.7. The van der Waals surface area contributed by atoms with Gasteiger partial charge in [-0.2, -0.15) is 0 Å². The molecule has 2 aromatic rings. The van der Waals surface area contributed by atoms with Gasteiger partial charge in [0.15, 0.2) is 0 Å². The lowest BCUT2D eigenvalue weighted by Crippen LogP contribution is -2.27. The number of carbonyl (C=O) groups excluding carboxylic acids is 1. The molecule has 0 aliphatic carbocycles. The van der Waals surface area contributed by atoms with Gasteiger partial charge < -0.3 is 24.3 Å². The number of amides is 1. The second-order valence-corrected chi connectivity index (χ2v) is 7.33. The first-order valence-electron chi connectivity index (χ1n) is 8.05. The number of benzene rings is 2. The molecule has 28 heavy (non-hydrogen) atoms. The highest BCUT2D eigenvalue weighted by Crippen LogP contribution is 2.27. The summed E-state index contributed by atoms with van der Waals surface area (Å²) in [6.45, 7) is 0. The molecule has 0 spiro atoms. The van der Waals surface area contributed by atoms with Crippen molar-refractivity contribution in [1.82, 2.24) is 0 Å². The van der Waals surface area contributed by atoms with Crippen molar-refractivity contribution in [3.63, 3.8) is 0 Å². The second-order valence-electron chi connectivity index (χ2n) is 5.61. The van der Waals surface area contributed by atoms with E-state index in [0.717, 1.165) is 0 Å². The largest absolute Gasteiger partial charge is 0.497 e. The lowest BCUT2D eigenvalue weighted by Gasteiger charge is -2.12. The quantitative estimate of drug-likeness (QED) is 0.651. The second kappa shape index (κ2) is 9.18. The molecule has 152 valence electrons. The van der Waals surface area contributed by atoms with Gasteiger partial charge in [0.05, 0.1) is 34.1 Å². The van der Waals surface area contributed by atoms with E-state index in [2.05, 4.69) is 10.0 Å². The number of anilines is 2. The molecule has 0 saturated carbocycles. The zero-order valence-electron chi connectivity index (χ0n) is 15.9. The number of hydrogen-bond donors (Lipinski definition) is 2. The average molecular weight is 410 g/mol. The van der Waals surface area contributed by atoms with Crippen LogP contribution >= 0.6 is 0 Å². The van der Waals surface area contributed by atoms with Crippen LogP contribution in [-0.4, -0.2) is 48.5 Å². The highest BCUT2D eigenvalue weighted by atomic mass is 32.2. The molecule has 0 aromatic heterocycles. The molecule has 0 bridgehead atoms. The fourth-order valence-electron chi connectivity index (χ4n) is 2.33. The molecule has 0 radical (unpaired) electrons. The zero-order valence-corrected chi connectivity index (χ0v) is 16.8. The number of nitrogens with one attached hydrogen (secondary N) is 2. The van der Waals surface area contributed by atoms with Crippen molar-refractivity contribution in [2.75, 3.05) is 44.2 Å². The van der Waals surface area contributed by atoms with E-state index < -0.39 is 21.7 Å². The SMILES string of the molecule is COc1cc(NC(=O)CS(=O)(=O)Nc2cc(OC)cc(OC)c2)cc(OC)c1. The van der Waals surface area contributed by atoms with E-state index >= 15 is 0 Å². The Morgan fingerprint density at radius 3 is 1.54 bits per heavy atom. The first-order valence-corrected chi connectivity index (χ1v) is 9.70. The van der Waals surface area contributed by atoms with Crippen LogP contribution < -0.4 is 29.0 Å². The maximum atomic E-state index is 12.3. The van der Waals surface area contributed by atoms with E-state index in [1.807, 2.05) is 0 Å². The summed E-state index contributed by atoms with van der Waals surface area (Å²) < 4.78 is 47.4. The van der Waals surface area contributed by atoms with Gasteiger partial charge in [-0.25, -0.2) is 8.42 Å². The van der Waals surface area contributed by atoms with Crippen molar-refractivity contribution < 1.29 is 32.2 Å². The fraction of sp³-hybridized carbons (Fsp3) is 0.278. The van der Waals surface area contributed by atoms with Crippen LogP contribution in [0.1, 0.15) is 0 Å². The molecule has 2 rings (SSSR count). The Balaban J connectivity index is 2.11. The summed E-state index contributed by atoms with van der Waals surface area (Å²) in [4.78, 5) is 12.2. The Hall–Kier alpha value is -3.14. The maximum absolute atomic E-state index is 12.3. The van der Waals surface area contributed by atoms with Gasteiger partial charge in [-0.05, 0) is 0 Å². The van der Waals surface area contributed by atoms with Crippen molar-refractivity contribution in [2.45, 2.75) is 0 Å². The minimum absolute atomic E-state index is 0.215. The molecule has 0 fully saturated rings. The highest BCUT2D eigenvalue weighted by molar-refractivity contribution is 7.93. The van der Waals surface area contributed by atoms with Crippen molar-refractivity contribution in [3.8, 4) is 23.0 Å². The molecular formula is C18H22N2O7S. The van der Waals surface area contributed by atoms with E-state index in [0.29, 0.717) is 28.7 Å². The van der Waals surface area contributed by atoms with Crippen LogP contribution in [0.2, 0.25) is 0 Å². The van der Waals surface area contributed by atoms with Gasteiger partial charge in [0.2, 0.25) is 15.9 Å². The maximum Gasteiger partial charge on any atom is 0.241 e. The zero-order chi connectivity index (χ0) is 20.7. The third-order valence-electron chi connectivity index (χ3n) is 3.58. The first kappa shape index (κ1) is 21.2. The Bertz CT molecular complexity index is 900. The van der Waals surface area contributed by atoms with Crippen LogP contribution in [0.25, 0.3) is 0 Å². The number of carbonyl (C=O) groups is 1. The minimum Gasteiger partial charge on any atom is -0.497 e. The van der Waals surface area contributed by atoms with Crippen LogP contribution in [0.4, 0.5) is 11.4 Å². The monoisotopic (exact) mass is 410 g/mol. The number of sulfonamides is 1. The first-order chi connectivity index (χ1) is 13.3. The van der Waals surface area contributed by atoms with Gasteiger partial charge in [0.25, 0.3) is 0 Å². The fourth-order valence-corrected chi connectivity index (χ4v) is 3.30. The molecule has 0 unspecified atom stereocenters. The summed E-state index contributed by atoms with van der Waals surface area (Å²) in [6.07, 6.45) is 0. The average Bonchev–Trinajstić information content (AvgIpc) is 2.65. The highest BCUT2D eigenvalue weighted by Gasteiger charge is 2.18. The standard InChI is InChI=1S/C18H22N2O7S/c1-24-14-5-12(6-15(9-14)25-2)19-18(21)11-28(22,23)20-13-7-16(26-3)10-17(8-13)27-4/h5-10,20H,11H2,1-4H3,(H,19,21). The van der Waals surface area contributed by atoms with Gasteiger partial charge in [-0.1, -0.05) is 0 Å². The van der Waals surface area contributed by atoms with Crippen LogP contribution in [0.15, 0.2) is 36.4 Å².